The standard InChI is InChI=1S/C69H122O16P2/c1-4-7-10-13-16-19-22-24-25-26-27-28-29-30-31-32-33-34-35-36-37-39-42-43-46-49-52-55-67(72)79-58-64(70)59-81-86(75,76)82-60-65(71)61-83-87(77,78)84-63-66(85-69(74)57-54-51-48-45-40-21-18-15-12-9-6-3)62-80-68(73)56-53-50-47-44-41-38-23-20-17-14-11-8-5-2/h11,14-16,18-20,23-25,27-28,30-31,64-66,70-71H,4-10,12-13,17,21-22,26,29,32-63H2,1-3H3,(H,75,76)(H,77,78)/b14-11-,18-15-,19-16-,23-20-,25-24-,28-27-,31-30-. The van der Waals surface area contributed by atoms with E-state index < -0.39 is 91.5 Å². The molecule has 0 bridgehead atoms. The van der Waals surface area contributed by atoms with Crippen molar-refractivity contribution in [2.24, 2.45) is 0 Å². The van der Waals surface area contributed by atoms with E-state index in [2.05, 4.69) is 106 Å². The predicted molar refractivity (Wildman–Crippen MR) is 353 cm³/mol. The second kappa shape index (κ2) is 62.9. The highest BCUT2D eigenvalue weighted by atomic mass is 31.2. The Hall–Kier alpha value is -3.27. The molecule has 0 amide bonds. The third kappa shape index (κ3) is 64.1. The van der Waals surface area contributed by atoms with Crippen LogP contribution in [-0.2, 0) is 55.8 Å². The summed E-state index contributed by atoms with van der Waals surface area (Å²) in [4.78, 5) is 58.2. The molecule has 0 aliphatic heterocycles. The number of allylic oxidation sites excluding steroid dienone is 14. The Labute approximate surface area is 527 Å². The minimum atomic E-state index is -4.92. The van der Waals surface area contributed by atoms with Crippen LogP contribution in [0.5, 0.6) is 0 Å². The van der Waals surface area contributed by atoms with Crippen LogP contribution in [0.25, 0.3) is 0 Å². The summed E-state index contributed by atoms with van der Waals surface area (Å²) in [6.45, 7) is 2.50. The topological polar surface area (TPSA) is 231 Å². The largest absolute Gasteiger partial charge is 0.472 e. The zero-order valence-electron chi connectivity index (χ0n) is 54.4. The number of phosphoric ester groups is 2. The van der Waals surface area contributed by atoms with Crippen LogP contribution < -0.4 is 0 Å². The Bertz CT molecular complexity index is 1930. The van der Waals surface area contributed by atoms with E-state index in [1.54, 1.807) is 0 Å². The molecule has 5 unspecified atom stereocenters. The van der Waals surface area contributed by atoms with Crippen LogP contribution in [0.2, 0.25) is 0 Å². The van der Waals surface area contributed by atoms with Crippen LogP contribution in [0.15, 0.2) is 85.1 Å². The summed E-state index contributed by atoms with van der Waals surface area (Å²) in [5.74, 6) is -1.60. The number of esters is 3. The Morgan fingerprint density at radius 3 is 1.00 bits per heavy atom. The first-order chi connectivity index (χ1) is 42.2. The average Bonchev–Trinajstić information content (AvgIpc) is 3.57. The van der Waals surface area contributed by atoms with E-state index in [0.29, 0.717) is 19.3 Å². The molecule has 18 heteroatoms. The maximum absolute atomic E-state index is 12.8. The van der Waals surface area contributed by atoms with Crippen molar-refractivity contribution in [2.45, 2.75) is 296 Å². The lowest BCUT2D eigenvalue weighted by Crippen LogP contribution is -2.30. The third-order valence-electron chi connectivity index (χ3n) is 14.0. The van der Waals surface area contributed by atoms with Crippen molar-refractivity contribution in [3.8, 4) is 0 Å². The third-order valence-corrected chi connectivity index (χ3v) is 15.9. The molecule has 0 heterocycles. The van der Waals surface area contributed by atoms with Gasteiger partial charge in [0.05, 0.1) is 26.4 Å². The number of aliphatic hydroxyl groups is 2. The second-order valence-electron chi connectivity index (χ2n) is 22.6. The number of aliphatic hydroxyl groups excluding tert-OH is 2. The molecule has 5 atom stereocenters. The lowest BCUT2D eigenvalue weighted by atomic mass is 10.0. The molecule has 0 saturated carbocycles. The van der Waals surface area contributed by atoms with Crippen molar-refractivity contribution in [3.05, 3.63) is 85.1 Å². The number of ether oxygens (including phenoxy) is 3. The van der Waals surface area contributed by atoms with E-state index in [1.807, 2.05) is 0 Å². The van der Waals surface area contributed by atoms with Crippen LogP contribution in [0, 0.1) is 0 Å². The van der Waals surface area contributed by atoms with Gasteiger partial charge in [0, 0.05) is 19.3 Å². The fourth-order valence-electron chi connectivity index (χ4n) is 8.81. The first-order valence-electron chi connectivity index (χ1n) is 33.9. The van der Waals surface area contributed by atoms with Gasteiger partial charge in [-0.2, -0.15) is 0 Å². The molecule has 0 radical (unpaired) electrons. The van der Waals surface area contributed by atoms with Gasteiger partial charge in [0.25, 0.3) is 0 Å². The minimum Gasteiger partial charge on any atom is -0.463 e. The maximum Gasteiger partial charge on any atom is 0.472 e. The van der Waals surface area contributed by atoms with Crippen molar-refractivity contribution in [3.63, 3.8) is 0 Å². The molecule has 0 aliphatic rings. The van der Waals surface area contributed by atoms with Gasteiger partial charge < -0.3 is 34.2 Å². The molecule has 4 N–H and O–H groups in total. The smallest absolute Gasteiger partial charge is 0.463 e. The predicted octanol–water partition coefficient (Wildman–Crippen LogP) is 18.5. The molecular weight excluding hydrogens is 1150 g/mol. The molecule has 0 aromatic rings. The number of unbranched alkanes of at least 4 members (excludes halogenated alkanes) is 27. The molecule has 0 aromatic heterocycles. The summed E-state index contributed by atoms with van der Waals surface area (Å²) < 4.78 is 60.7. The van der Waals surface area contributed by atoms with E-state index in [0.717, 1.165) is 135 Å². The van der Waals surface area contributed by atoms with E-state index in [-0.39, 0.29) is 19.3 Å². The normalized spacial score (nSPS) is 14.8. The summed E-state index contributed by atoms with van der Waals surface area (Å²) >= 11 is 0. The fraction of sp³-hybridized carbons (Fsp3) is 0.754. The van der Waals surface area contributed by atoms with Gasteiger partial charge in [-0.25, -0.2) is 9.13 Å². The zero-order valence-corrected chi connectivity index (χ0v) is 56.2. The summed E-state index contributed by atoms with van der Waals surface area (Å²) in [6.07, 6.45) is 66.6. The summed E-state index contributed by atoms with van der Waals surface area (Å²) in [5.41, 5.74) is 0. The van der Waals surface area contributed by atoms with Crippen molar-refractivity contribution in [2.75, 3.05) is 39.6 Å². The molecular formula is C69H122O16P2. The molecule has 0 aliphatic carbocycles. The molecule has 0 aromatic carbocycles. The van der Waals surface area contributed by atoms with Crippen molar-refractivity contribution in [1.82, 2.24) is 0 Å². The Balaban J connectivity index is 4.43. The minimum absolute atomic E-state index is 0.0917. The van der Waals surface area contributed by atoms with Crippen LogP contribution in [0.4, 0.5) is 0 Å². The first-order valence-corrected chi connectivity index (χ1v) is 36.9. The van der Waals surface area contributed by atoms with E-state index in [9.17, 15) is 43.5 Å². The molecule has 504 valence electrons. The summed E-state index contributed by atoms with van der Waals surface area (Å²) in [5, 5.41) is 20.5. The van der Waals surface area contributed by atoms with E-state index in [4.69, 9.17) is 32.3 Å². The summed E-state index contributed by atoms with van der Waals surface area (Å²) in [6, 6.07) is 0. The maximum atomic E-state index is 12.8. The number of rotatable bonds is 64. The SMILES string of the molecule is CCC/C=C\C/C=C\CCCCCCCC(=O)OCC(COP(=O)(O)OCC(O)COP(=O)(O)OCC(O)COC(=O)CCCCCCCCCCCCC/C=C\C/C=C\C/C=C\C/C=C\CCCCC)OC(=O)CCCCCCC/C=C\CCCC. The highest BCUT2D eigenvalue weighted by Gasteiger charge is 2.29. The van der Waals surface area contributed by atoms with Gasteiger partial charge >= 0.3 is 33.6 Å². The molecule has 0 fully saturated rings. The molecule has 0 spiro atoms. The van der Waals surface area contributed by atoms with E-state index >= 15 is 0 Å². The fourth-order valence-corrected chi connectivity index (χ4v) is 10.4. The molecule has 16 nitrogen and oxygen atoms in total. The van der Waals surface area contributed by atoms with Crippen LogP contribution >= 0.6 is 15.6 Å². The number of hydrogen-bond acceptors (Lipinski definition) is 14. The number of hydrogen-bond donors (Lipinski definition) is 4. The molecule has 87 heavy (non-hydrogen) atoms. The van der Waals surface area contributed by atoms with Gasteiger partial charge in [0.15, 0.2) is 6.10 Å². The average molecular weight is 1270 g/mol. The van der Waals surface area contributed by atoms with Crippen LogP contribution in [-0.4, -0.2) is 95.9 Å². The quantitative estimate of drug-likeness (QED) is 0.0146. The highest BCUT2D eigenvalue weighted by molar-refractivity contribution is 7.47. The Morgan fingerprint density at radius 1 is 0.322 bits per heavy atom. The van der Waals surface area contributed by atoms with Crippen LogP contribution in [0.3, 0.4) is 0 Å². The highest BCUT2D eigenvalue weighted by Crippen LogP contribution is 2.45. The van der Waals surface area contributed by atoms with Crippen molar-refractivity contribution in [1.29, 1.82) is 0 Å². The zero-order chi connectivity index (χ0) is 63.8. The second-order valence-corrected chi connectivity index (χ2v) is 25.5. The van der Waals surface area contributed by atoms with Gasteiger partial charge in [-0.05, 0) is 109 Å². The van der Waals surface area contributed by atoms with Crippen molar-refractivity contribution >= 4 is 33.6 Å². The lowest BCUT2D eigenvalue weighted by Gasteiger charge is -2.21. The summed E-state index contributed by atoms with van der Waals surface area (Å²) in [7, 11) is -9.77. The molecule has 0 saturated heterocycles. The van der Waals surface area contributed by atoms with E-state index in [1.165, 1.54) is 83.5 Å². The Morgan fingerprint density at radius 2 is 0.609 bits per heavy atom. The Kier molecular flexibility index (Phi) is 60.5. The van der Waals surface area contributed by atoms with Crippen LogP contribution in [0.1, 0.15) is 278 Å². The number of carbonyl (C=O) groups is 3. The number of carbonyl (C=O) groups excluding carboxylic acids is 3. The monoisotopic (exact) mass is 1270 g/mol. The molecule has 0 rings (SSSR count). The van der Waals surface area contributed by atoms with Gasteiger partial charge in [-0.15, -0.1) is 0 Å². The van der Waals surface area contributed by atoms with Gasteiger partial charge in [-0.3, -0.25) is 32.5 Å². The van der Waals surface area contributed by atoms with Gasteiger partial charge in [-0.1, -0.05) is 234 Å². The lowest BCUT2D eigenvalue weighted by molar-refractivity contribution is -0.161. The van der Waals surface area contributed by atoms with Gasteiger partial charge in [0.1, 0.15) is 25.4 Å². The number of phosphoric acid groups is 2. The van der Waals surface area contributed by atoms with Gasteiger partial charge in [0.2, 0.25) is 0 Å². The first kappa shape index (κ1) is 83.7. The van der Waals surface area contributed by atoms with Crippen molar-refractivity contribution < 1.29 is 75.8 Å².